The maximum Gasteiger partial charge on any atom is 0.317 e. The van der Waals surface area contributed by atoms with Crippen LogP contribution in [-0.4, -0.2) is 49.6 Å². The van der Waals surface area contributed by atoms with Crippen LogP contribution in [-0.2, 0) is 27.7 Å². The molecule has 0 aromatic heterocycles. The van der Waals surface area contributed by atoms with Crippen LogP contribution in [0.15, 0.2) is 23.1 Å². The SMILES string of the molecule is CCN(CC(=O)O)C1CC(NS(=O)(=O)c2ccc3c(c2)CCCC3)C1. The number of aryl methyl sites for hydroxylation is 2. The third-order valence-electron chi connectivity index (χ3n) is 5.33. The Morgan fingerprint density at radius 3 is 2.56 bits per heavy atom. The zero-order chi connectivity index (χ0) is 18.0. The van der Waals surface area contributed by atoms with E-state index in [2.05, 4.69) is 4.72 Å². The number of rotatable bonds is 7. The minimum Gasteiger partial charge on any atom is -0.480 e. The molecular formula is C18H26N2O4S. The van der Waals surface area contributed by atoms with Gasteiger partial charge >= 0.3 is 5.97 Å². The van der Waals surface area contributed by atoms with E-state index in [0.717, 1.165) is 24.8 Å². The number of nitrogens with zero attached hydrogens (tertiary/aromatic N) is 1. The summed E-state index contributed by atoms with van der Waals surface area (Å²) in [7, 11) is -3.52. The van der Waals surface area contributed by atoms with E-state index in [9.17, 15) is 13.2 Å². The number of hydrogen-bond donors (Lipinski definition) is 2. The van der Waals surface area contributed by atoms with Crippen molar-refractivity contribution >= 4 is 16.0 Å². The monoisotopic (exact) mass is 366 g/mol. The number of sulfonamides is 1. The highest BCUT2D eigenvalue weighted by atomic mass is 32.2. The van der Waals surface area contributed by atoms with Crippen molar-refractivity contribution in [1.82, 2.24) is 9.62 Å². The van der Waals surface area contributed by atoms with E-state index in [1.807, 2.05) is 24.0 Å². The van der Waals surface area contributed by atoms with Crippen molar-refractivity contribution in [3.63, 3.8) is 0 Å². The van der Waals surface area contributed by atoms with Gasteiger partial charge in [0.2, 0.25) is 10.0 Å². The van der Waals surface area contributed by atoms with Gasteiger partial charge in [-0.05, 0) is 68.3 Å². The van der Waals surface area contributed by atoms with E-state index in [1.54, 1.807) is 6.07 Å². The van der Waals surface area contributed by atoms with Crippen LogP contribution >= 0.6 is 0 Å². The summed E-state index contributed by atoms with van der Waals surface area (Å²) in [5.41, 5.74) is 2.42. The van der Waals surface area contributed by atoms with Crippen molar-refractivity contribution in [1.29, 1.82) is 0 Å². The zero-order valence-corrected chi connectivity index (χ0v) is 15.4. The second-order valence-corrected chi connectivity index (χ2v) is 8.75. The summed E-state index contributed by atoms with van der Waals surface area (Å²) in [5, 5.41) is 8.93. The third kappa shape index (κ3) is 4.22. The van der Waals surface area contributed by atoms with E-state index in [0.29, 0.717) is 24.3 Å². The minimum absolute atomic E-state index is 0.00542. The summed E-state index contributed by atoms with van der Waals surface area (Å²) in [6.07, 6.45) is 5.58. The Labute approximate surface area is 149 Å². The Bertz CT molecular complexity index is 741. The fourth-order valence-corrected chi connectivity index (χ4v) is 5.13. The minimum atomic E-state index is -3.52. The average Bonchev–Trinajstić information content (AvgIpc) is 2.55. The van der Waals surface area contributed by atoms with E-state index >= 15 is 0 Å². The molecule has 7 heteroatoms. The number of benzene rings is 1. The molecule has 0 amide bonds. The third-order valence-corrected chi connectivity index (χ3v) is 6.84. The lowest BCUT2D eigenvalue weighted by Gasteiger charge is -2.42. The quantitative estimate of drug-likeness (QED) is 0.768. The highest BCUT2D eigenvalue weighted by Gasteiger charge is 2.36. The van der Waals surface area contributed by atoms with Crippen LogP contribution in [0.25, 0.3) is 0 Å². The normalized spacial score (nSPS) is 23.1. The molecule has 0 unspecified atom stereocenters. The molecule has 3 rings (SSSR count). The molecule has 2 aliphatic rings. The number of fused-ring (bicyclic) bond motifs is 1. The Morgan fingerprint density at radius 1 is 1.24 bits per heavy atom. The molecule has 0 saturated heterocycles. The number of carboxylic acids is 1. The second-order valence-electron chi connectivity index (χ2n) is 7.04. The summed E-state index contributed by atoms with van der Waals surface area (Å²) in [6, 6.07) is 5.48. The lowest BCUT2D eigenvalue weighted by Crippen LogP contribution is -2.54. The van der Waals surface area contributed by atoms with Gasteiger partial charge < -0.3 is 5.11 Å². The van der Waals surface area contributed by atoms with E-state index in [1.165, 1.54) is 12.0 Å². The highest BCUT2D eigenvalue weighted by Crippen LogP contribution is 2.28. The van der Waals surface area contributed by atoms with Crippen molar-refractivity contribution in [3.8, 4) is 0 Å². The first kappa shape index (κ1) is 18.4. The molecule has 0 heterocycles. The lowest BCUT2D eigenvalue weighted by molar-refractivity contribution is -0.139. The fourth-order valence-electron chi connectivity index (χ4n) is 3.82. The molecule has 1 fully saturated rings. The average molecular weight is 366 g/mol. The fraction of sp³-hybridized carbons (Fsp3) is 0.611. The first-order valence-corrected chi connectivity index (χ1v) is 10.5. The smallest absolute Gasteiger partial charge is 0.317 e. The van der Waals surface area contributed by atoms with Crippen molar-refractivity contribution in [2.24, 2.45) is 0 Å². The van der Waals surface area contributed by atoms with Crippen LogP contribution < -0.4 is 4.72 Å². The first-order valence-electron chi connectivity index (χ1n) is 8.99. The number of nitrogens with one attached hydrogen (secondary N) is 1. The molecule has 0 radical (unpaired) electrons. The van der Waals surface area contributed by atoms with Crippen LogP contribution in [0.3, 0.4) is 0 Å². The van der Waals surface area contributed by atoms with E-state index < -0.39 is 16.0 Å². The molecule has 2 aliphatic carbocycles. The van der Waals surface area contributed by atoms with Crippen molar-refractivity contribution in [2.75, 3.05) is 13.1 Å². The standard InChI is InChI=1S/C18H26N2O4S/c1-2-20(12-18(21)22)16-10-15(11-16)19-25(23,24)17-8-7-13-5-3-4-6-14(13)9-17/h7-9,15-16,19H,2-6,10-12H2,1H3,(H,21,22). The molecule has 1 aromatic rings. The van der Waals surface area contributed by atoms with Gasteiger partial charge in [0.25, 0.3) is 0 Å². The van der Waals surface area contributed by atoms with Crippen molar-refractivity contribution in [2.45, 2.75) is 62.4 Å². The van der Waals surface area contributed by atoms with Crippen LogP contribution in [0.2, 0.25) is 0 Å². The molecule has 138 valence electrons. The van der Waals surface area contributed by atoms with Crippen LogP contribution in [0.5, 0.6) is 0 Å². The first-order chi connectivity index (χ1) is 11.9. The van der Waals surface area contributed by atoms with Crippen LogP contribution in [0.1, 0.15) is 43.7 Å². The second kappa shape index (κ2) is 7.43. The van der Waals surface area contributed by atoms with Gasteiger partial charge in [0.1, 0.15) is 0 Å². The van der Waals surface area contributed by atoms with Gasteiger partial charge in [-0.15, -0.1) is 0 Å². The highest BCUT2D eigenvalue weighted by molar-refractivity contribution is 7.89. The van der Waals surface area contributed by atoms with Crippen molar-refractivity contribution < 1.29 is 18.3 Å². The maximum absolute atomic E-state index is 12.6. The van der Waals surface area contributed by atoms with Gasteiger partial charge in [-0.1, -0.05) is 13.0 Å². The van der Waals surface area contributed by atoms with Gasteiger partial charge in [0.05, 0.1) is 11.4 Å². The van der Waals surface area contributed by atoms with Gasteiger partial charge in [0.15, 0.2) is 0 Å². The molecule has 0 atom stereocenters. The summed E-state index contributed by atoms with van der Waals surface area (Å²) >= 11 is 0. The Hall–Kier alpha value is -1.44. The number of likely N-dealkylation sites (N-methyl/N-ethyl adjacent to an activating group) is 1. The summed E-state index contributed by atoms with van der Waals surface area (Å²) in [5.74, 6) is -0.847. The largest absolute Gasteiger partial charge is 0.480 e. The lowest BCUT2D eigenvalue weighted by atomic mass is 9.86. The molecule has 25 heavy (non-hydrogen) atoms. The Kier molecular flexibility index (Phi) is 5.46. The molecule has 6 nitrogen and oxygen atoms in total. The summed E-state index contributed by atoms with van der Waals surface area (Å²) in [6.45, 7) is 2.58. The number of hydrogen-bond acceptors (Lipinski definition) is 4. The van der Waals surface area contributed by atoms with E-state index in [4.69, 9.17) is 5.11 Å². The Balaban J connectivity index is 1.61. The predicted octanol–water partition coefficient (Wildman–Crippen LogP) is 1.78. The van der Waals surface area contributed by atoms with E-state index in [-0.39, 0.29) is 18.6 Å². The van der Waals surface area contributed by atoms with Gasteiger partial charge in [-0.2, -0.15) is 0 Å². The number of carboxylic acid groups (broad SMARTS) is 1. The molecule has 0 spiro atoms. The molecule has 0 aliphatic heterocycles. The van der Waals surface area contributed by atoms with Gasteiger partial charge in [-0.3, -0.25) is 9.69 Å². The molecule has 2 N–H and O–H groups in total. The number of carbonyl (C=O) groups is 1. The topological polar surface area (TPSA) is 86.7 Å². The molecule has 1 saturated carbocycles. The summed E-state index contributed by atoms with van der Waals surface area (Å²) < 4.78 is 28.0. The predicted molar refractivity (Wildman–Crippen MR) is 95.1 cm³/mol. The van der Waals surface area contributed by atoms with Crippen molar-refractivity contribution in [3.05, 3.63) is 29.3 Å². The van der Waals surface area contributed by atoms with Crippen LogP contribution in [0, 0.1) is 0 Å². The molecule has 0 bridgehead atoms. The van der Waals surface area contributed by atoms with Gasteiger partial charge in [-0.25, -0.2) is 13.1 Å². The maximum atomic E-state index is 12.6. The Morgan fingerprint density at radius 2 is 1.92 bits per heavy atom. The summed E-state index contributed by atoms with van der Waals surface area (Å²) in [4.78, 5) is 13.1. The van der Waals surface area contributed by atoms with Gasteiger partial charge in [0, 0.05) is 12.1 Å². The molecule has 1 aromatic carbocycles. The number of aliphatic carboxylic acids is 1. The van der Waals surface area contributed by atoms with Crippen LogP contribution in [0.4, 0.5) is 0 Å². The zero-order valence-electron chi connectivity index (χ0n) is 14.6. The molecular weight excluding hydrogens is 340 g/mol.